The molecular weight excluding hydrogens is 450 g/mol. The monoisotopic (exact) mass is 483 g/mol. The molecule has 11 heteroatoms. The fourth-order valence-corrected chi connectivity index (χ4v) is 4.58. The van der Waals surface area contributed by atoms with Crippen molar-refractivity contribution in [1.29, 1.82) is 0 Å². The van der Waals surface area contributed by atoms with Crippen LogP contribution in [-0.4, -0.2) is 68.7 Å². The Kier molecular flexibility index (Phi) is 9.24. The number of carbonyl (C=O) groups excluding carboxylic acids is 2. The zero-order valence-electron chi connectivity index (χ0n) is 19.6. The first-order valence-electron chi connectivity index (χ1n) is 10.7. The van der Waals surface area contributed by atoms with Crippen molar-refractivity contribution < 1.29 is 32.2 Å². The molecule has 0 bridgehead atoms. The lowest BCUT2D eigenvalue weighted by Gasteiger charge is -2.30. The van der Waals surface area contributed by atoms with Gasteiger partial charge in [0.05, 0.1) is 13.3 Å². The van der Waals surface area contributed by atoms with Crippen LogP contribution >= 0.6 is 0 Å². The molecule has 1 N–H and O–H groups in total. The number of rotatable bonds is 9. The maximum atomic E-state index is 12.9. The summed E-state index contributed by atoms with van der Waals surface area (Å²) >= 11 is 0. The Bertz CT molecular complexity index is 932. The average Bonchev–Trinajstić information content (AvgIpc) is 2.75. The van der Waals surface area contributed by atoms with Crippen molar-refractivity contribution in [3.63, 3.8) is 0 Å². The highest BCUT2D eigenvalue weighted by atomic mass is 32.2. The van der Waals surface area contributed by atoms with E-state index in [0.717, 1.165) is 0 Å². The van der Waals surface area contributed by atoms with Gasteiger partial charge in [-0.25, -0.2) is 18.2 Å². The number of carbonyl (C=O) groups is 2. The molecule has 1 aromatic rings. The summed E-state index contributed by atoms with van der Waals surface area (Å²) in [5, 5.41) is 2.59. The molecule has 1 aliphatic heterocycles. The second-order valence-electron chi connectivity index (χ2n) is 8.85. The summed E-state index contributed by atoms with van der Waals surface area (Å²) < 4.78 is 42.5. The minimum absolute atomic E-state index is 0.0756. The lowest BCUT2D eigenvalue weighted by Crippen LogP contribution is -2.39. The number of alkyl carbamates (subject to hydrolysis) is 1. The van der Waals surface area contributed by atoms with Crippen LogP contribution in [0.1, 0.15) is 40.0 Å². The van der Waals surface area contributed by atoms with Gasteiger partial charge in [0.15, 0.2) is 0 Å². The predicted octanol–water partition coefficient (Wildman–Crippen LogP) is 2.51. The summed E-state index contributed by atoms with van der Waals surface area (Å²) in [4.78, 5) is 27.2. The molecule has 184 valence electrons. The van der Waals surface area contributed by atoms with Gasteiger partial charge in [-0.2, -0.15) is 4.31 Å². The van der Waals surface area contributed by atoms with Crippen LogP contribution in [-0.2, 0) is 24.3 Å². The van der Waals surface area contributed by atoms with Gasteiger partial charge in [-0.3, -0.25) is 4.79 Å². The van der Waals surface area contributed by atoms with Crippen molar-refractivity contribution in [1.82, 2.24) is 14.6 Å². The molecule has 1 saturated heterocycles. The van der Waals surface area contributed by atoms with Crippen molar-refractivity contribution in [2.75, 3.05) is 33.4 Å². The maximum Gasteiger partial charge on any atom is 0.407 e. The molecule has 0 radical (unpaired) electrons. The van der Waals surface area contributed by atoms with Crippen molar-refractivity contribution in [3.8, 4) is 5.88 Å². The molecule has 10 nitrogen and oxygen atoms in total. The van der Waals surface area contributed by atoms with Gasteiger partial charge in [-0.05, 0) is 51.2 Å². The molecular formula is C22H33N3O7S. The maximum absolute atomic E-state index is 12.9. The van der Waals surface area contributed by atoms with E-state index in [1.165, 1.54) is 29.7 Å². The van der Waals surface area contributed by atoms with E-state index in [4.69, 9.17) is 9.47 Å². The number of aromatic nitrogens is 1. The van der Waals surface area contributed by atoms with E-state index in [0.29, 0.717) is 37.9 Å². The van der Waals surface area contributed by atoms with E-state index in [1.54, 1.807) is 20.8 Å². The predicted molar refractivity (Wildman–Crippen MR) is 121 cm³/mol. The number of sulfonamides is 1. The Morgan fingerprint density at radius 1 is 1.24 bits per heavy atom. The first-order valence-corrected chi connectivity index (χ1v) is 12.1. The van der Waals surface area contributed by atoms with Crippen molar-refractivity contribution in [2.24, 2.45) is 5.92 Å². The summed E-state index contributed by atoms with van der Waals surface area (Å²) in [6.45, 7) is 10.1. The van der Waals surface area contributed by atoms with Crippen LogP contribution in [0.3, 0.4) is 0 Å². The normalized spacial score (nSPS) is 15.5. The Morgan fingerprint density at radius 2 is 1.91 bits per heavy atom. The van der Waals surface area contributed by atoms with Crippen LogP contribution < -0.4 is 10.1 Å². The van der Waals surface area contributed by atoms with Gasteiger partial charge in [0.25, 0.3) is 0 Å². The molecule has 1 aromatic heterocycles. The van der Waals surface area contributed by atoms with E-state index in [2.05, 4.69) is 21.6 Å². The second-order valence-corrected chi connectivity index (χ2v) is 10.8. The molecule has 1 amide bonds. The number of nitrogens with one attached hydrogen (secondary N) is 1. The Balaban J connectivity index is 1.82. The van der Waals surface area contributed by atoms with Gasteiger partial charge in [0.2, 0.25) is 15.9 Å². The Hall–Kier alpha value is -2.66. The van der Waals surface area contributed by atoms with Gasteiger partial charge in [0.1, 0.15) is 17.1 Å². The summed E-state index contributed by atoms with van der Waals surface area (Å²) in [7, 11) is -2.33. The minimum atomic E-state index is -3.68. The van der Waals surface area contributed by atoms with E-state index in [1.807, 2.05) is 0 Å². The third-order valence-corrected chi connectivity index (χ3v) is 6.79. The summed E-state index contributed by atoms with van der Waals surface area (Å²) in [6.07, 6.45) is 2.21. The molecule has 0 saturated carbocycles. The first kappa shape index (κ1) is 26.6. The highest BCUT2D eigenvalue weighted by Gasteiger charge is 2.30. The summed E-state index contributed by atoms with van der Waals surface area (Å²) in [5.74, 6) is 0.0826. The molecule has 0 aromatic carbocycles. The molecule has 2 rings (SSSR count). The highest BCUT2D eigenvalue weighted by molar-refractivity contribution is 7.89. The van der Waals surface area contributed by atoms with Gasteiger partial charge in [-0.1, -0.05) is 6.58 Å². The van der Waals surface area contributed by atoms with E-state index in [9.17, 15) is 18.0 Å². The van der Waals surface area contributed by atoms with Crippen LogP contribution in [0.4, 0.5) is 4.79 Å². The van der Waals surface area contributed by atoms with E-state index >= 15 is 0 Å². The standard InChI is InChI=1S/C22H33N3O7S/c1-16(13-24-21(27)32-22(2,3)4)15-31-19-7-6-18(14-23-19)33(28,29)25-10-8-17(9-11-25)12-20(26)30-5/h6-7,14,17H,1,8-13,15H2,2-5H3,(H,24,27). The van der Waals surface area contributed by atoms with Crippen LogP contribution in [0, 0.1) is 5.92 Å². The zero-order valence-corrected chi connectivity index (χ0v) is 20.4. The number of ether oxygens (including phenoxy) is 3. The number of nitrogens with zero attached hydrogens (tertiary/aromatic N) is 2. The lowest BCUT2D eigenvalue weighted by atomic mass is 9.95. The van der Waals surface area contributed by atoms with E-state index < -0.39 is 21.7 Å². The fourth-order valence-electron chi connectivity index (χ4n) is 3.16. The molecule has 0 spiro atoms. The molecule has 1 aliphatic rings. The lowest BCUT2D eigenvalue weighted by molar-refractivity contribution is -0.142. The van der Waals surface area contributed by atoms with Crippen LogP contribution in [0.5, 0.6) is 5.88 Å². The van der Waals surface area contributed by atoms with Crippen LogP contribution in [0.2, 0.25) is 0 Å². The first-order chi connectivity index (χ1) is 15.4. The smallest absolute Gasteiger partial charge is 0.407 e. The summed E-state index contributed by atoms with van der Waals surface area (Å²) in [5.41, 5.74) is 0.00144. The topological polar surface area (TPSA) is 124 Å². The number of pyridine rings is 1. The second kappa shape index (κ2) is 11.5. The van der Waals surface area contributed by atoms with E-state index in [-0.39, 0.29) is 35.8 Å². The van der Waals surface area contributed by atoms with Gasteiger partial charge >= 0.3 is 12.1 Å². The number of amides is 1. The van der Waals surface area contributed by atoms with Gasteiger partial charge in [0, 0.05) is 32.1 Å². The molecule has 2 heterocycles. The Morgan fingerprint density at radius 3 is 2.45 bits per heavy atom. The average molecular weight is 484 g/mol. The summed E-state index contributed by atoms with van der Waals surface area (Å²) in [6, 6.07) is 2.92. The number of methoxy groups -OCH3 is 1. The van der Waals surface area contributed by atoms with Crippen molar-refractivity contribution >= 4 is 22.1 Å². The highest BCUT2D eigenvalue weighted by Crippen LogP contribution is 2.26. The van der Waals surface area contributed by atoms with Gasteiger partial charge in [-0.15, -0.1) is 0 Å². The molecule has 1 fully saturated rings. The number of esters is 1. The quantitative estimate of drug-likeness (QED) is 0.420. The molecule has 0 aliphatic carbocycles. The van der Waals surface area contributed by atoms with Gasteiger partial charge < -0.3 is 19.5 Å². The number of hydrogen-bond donors (Lipinski definition) is 1. The van der Waals surface area contributed by atoms with Crippen LogP contribution in [0.25, 0.3) is 0 Å². The zero-order chi connectivity index (χ0) is 24.6. The van der Waals surface area contributed by atoms with Crippen molar-refractivity contribution in [2.45, 2.75) is 50.5 Å². The largest absolute Gasteiger partial charge is 0.473 e. The minimum Gasteiger partial charge on any atom is -0.473 e. The van der Waals surface area contributed by atoms with Crippen LogP contribution in [0.15, 0.2) is 35.4 Å². The SMILES string of the molecule is C=C(CNC(=O)OC(C)(C)C)COc1ccc(S(=O)(=O)N2CCC(CC(=O)OC)CC2)cn1. The fraction of sp³-hybridized carbons (Fsp3) is 0.591. The molecule has 0 atom stereocenters. The third-order valence-electron chi connectivity index (χ3n) is 4.91. The molecule has 0 unspecified atom stereocenters. The molecule has 33 heavy (non-hydrogen) atoms. The Labute approximate surface area is 195 Å². The number of hydrogen-bond acceptors (Lipinski definition) is 8. The van der Waals surface area contributed by atoms with Crippen molar-refractivity contribution in [3.05, 3.63) is 30.5 Å². The number of piperidine rings is 1. The third kappa shape index (κ3) is 8.65.